The number of aromatic nitrogens is 2. The lowest BCUT2D eigenvalue weighted by Gasteiger charge is -2.10. The molecular formula is C22H14N2O2. The van der Waals surface area contributed by atoms with Gasteiger partial charge >= 0.3 is 0 Å². The summed E-state index contributed by atoms with van der Waals surface area (Å²) in [6.07, 6.45) is 1.80. The molecule has 4 nitrogen and oxygen atoms in total. The number of oxazole rings is 1. The molecule has 2 aromatic heterocycles. The Morgan fingerprint density at radius 1 is 0.846 bits per heavy atom. The molecule has 0 atom stereocenters. The molecule has 0 bridgehead atoms. The minimum atomic E-state index is 0.0192. The minimum Gasteiger partial charge on any atom is -0.436 e. The van der Waals surface area contributed by atoms with Crippen molar-refractivity contribution in [3.8, 4) is 17.1 Å². The summed E-state index contributed by atoms with van der Waals surface area (Å²) < 4.78 is 7.87. The average molecular weight is 338 g/mol. The first-order chi connectivity index (χ1) is 12.8. The Hall–Kier alpha value is -3.66. The number of nitrogens with zero attached hydrogens (tertiary/aromatic N) is 2. The highest BCUT2D eigenvalue weighted by molar-refractivity contribution is 5.83. The van der Waals surface area contributed by atoms with Gasteiger partial charge in [0.15, 0.2) is 11.0 Å². The van der Waals surface area contributed by atoms with Gasteiger partial charge < -0.3 is 8.98 Å². The van der Waals surface area contributed by atoms with E-state index in [2.05, 4.69) is 4.98 Å². The van der Waals surface area contributed by atoms with Gasteiger partial charge in [-0.3, -0.25) is 4.79 Å². The standard InChI is InChI=1S/C22H14N2O2/c25-20-12-13-24(19-9-5-4-8-17(19)20)16-10-11-21-18(14-16)23-22(26-21)15-6-2-1-3-7-15/h1-14H. The lowest BCUT2D eigenvalue weighted by Crippen LogP contribution is -2.06. The van der Waals surface area contributed by atoms with Gasteiger partial charge in [0.1, 0.15) is 5.52 Å². The Kier molecular flexibility index (Phi) is 3.22. The monoisotopic (exact) mass is 338 g/mol. The fourth-order valence-corrected chi connectivity index (χ4v) is 3.20. The van der Waals surface area contributed by atoms with E-state index in [4.69, 9.17) is 4.42 Å². The summed E-state index contributed by atoms with van der Waals surface area (Å²) in [4.78, 5) is 16.7. The van der Waals surface area contributed by atoms with Crippen LogP contribution in [-0.2, 0) is 0 Å². The van der Waals surface area contributed by atoms with E-state index in [0.29, 0.717) is 11.3 Å². The molecule has 4 heteroatoms. The third-order valence-electron chi connectivity index (χ3n) is 4.47. The van der Waals surface area contributed by atoms with Crippen molar-refractivity contribution in [1.82, 2.24) is 9.55 Å². The molecule has 0 unspecified atom stereocenters. The van der Waals surface area contributed by atoms with E-state index in [1.54, 1.807) is 12.3 Å². The second-order valence-corrected chi connectivity index (χ2v) is 6.10. The third-order valence-corrected chi connectivity index (χ3v) is 4.47. The molecule has 5 rings (SSSR count). The van der Waals surface area contributed by atoms with Crippen LogP contribution < -0.4 is 5.43 Å². The summed E-state index contributed by atoms with van der Waals surface area (Å²) in [6, 6.07) is 24.9. The predicted molar refractivity (Wildman–Crippen MR) is 103 cm³/mol. The molecule has 0 fully saturated rings. The summed E-state index contributed by atoms with van der Waals surface area (Å²) >= 11 is 0. The lowest BCUT2D eigenvalue weighted by atomic mass is 10.2. The van der Waals surface area contributed by atoms with Crippen LogP contribution in [0.25, 0.3) is 39.1 Å². The van der Waals surface area contributed by atoms with E-state index in [1.165, 1.54) is 0 Å². The van der Waals surface area contributed by atoms with Crippen LogP contribution in [0, 0.1) is 0 Å². The molecule has 2 heterocycles. The SMILES string of the molecule is O=c1ccn(-c2ccc3oc(-c4ccccc4)nc3c2)c2ccccc12. The number of para-hydroxylation sites is 1. The van der Waals surface area contributed by atoms with Crippen LogP contribution in [0.2, 0.25) is 0 Å². The van der Waals surface area contributed by atoms with E-state index in [0.717, 1.165) is 27.9 Å². The van der Waals surface area contributed by atoms with Crippen molar-refractivity contribution in [3.05, 3.63) is 95.3 Å². The van der Waals surface area contributed by atoms with Crippen molar-refractivity contribution in [3.63, 3.8) is 0 Å². The Balaban J connectivity index is 1.69. The maximum absolute atomic E-state index is 12.1. The van der Waals surface area contributed by atoms with E-state index < -0.39 is 0 Å². The highest BCUT2D eigenvalue weighted by Gasteiger charge is 2.10. The Labute approximate surface area is 149 Å². The molecule has 0 aliphatic heterocycles. The molecule has 0 amide bonds. The molecule has 0 aliphatic rings. The molecule has 0 saturated carbocycles. The third kappa shape index (κ3) is 2.31. The van der Waals surface area contributed by atoms with Gasteiger partial charge in [-0.25, -0.2) is 4.98 Å². The van der Waals surface area contributed by atoms with Gasteiger partial charge in [0.2, 0.25) is 5.89 Å². The van der Waals surface area contributed by atoms with Crippen LogP contribution in [0.4, 0.5) is 0 Å². The number of benzene rings is 3. The number of hydrogen-bond donors (Lipinski definition) is 0. The second-order valence-electron chi connectivity index (χ2n) is 6.10. The second kappa shape index (κ2) is 5.70. The van der Waals surface area contributed by atoms with Crippen LogP contribution in [-0.4, -0.2) is 9.55 Å². The van der Waals surface area contributed by atoms with Gasteiger partial charge in [-0.15, -0.1) is 0 Å². The molecule has 0 radical (unpaired) electrons. The predicted octanol–water partition coefficient (Wildman–Crippen LogP) is 4.80. The summed E-state index contributed by atoms with van der Waals surface area (Å²) in [7, 11) is 0. The lowest BCUT2D eigenvalue weighted by molar-refractivity contribution is 0.620. The van der Waals surface area contributed by atoms with Crippen LogP contribution in [0.15, 0.2) is 94.3 Å². The summed E-state index contributed by atoms with van der Waals surface area (Å²) in [6.45, 7) is 0. The first kappa shape index (κ1) is 14.7. The van der Waals surface area contributed by atoms with Gasteiger partial charge in [0.05, 0.1) is 5.52 Å². The van der Waals surface area contributed by atoms with Crippen molar-refractivity contribution in [1.29, 1.82) is 0 Å². The fourth-order valence-electron chi connectivity index (χ4n) is 3.20. The molecule has 0 N–H and O–H groups in total. The number of fused-ring (bicyclic) bond motifs is 2. The van der Waals surface area contributed by atoms with Crippen LogP contribution in [0.3, 0.4) is 0 Å². The summed E-state index contributed by atoms with van der Waals surface area (Å²) in [5.41, 5.74) is 4.28. The Morgan fingerprint density at radius 2 is 1.65 bits per heavy atom. The van der Waals surface area contributed by atoms with Gasteiger partial charge in [0, 0.05) is 28.9 Å². The van der Waals surface area contributed by atoms with Gasteiger partial charge in [-0.05, 0) is 42.5 Å². The van der Waals surface area contributed by atoms with E-state index in [-0.39, 0.29) is 5.43 Å². The van der Waals surface area contributed by atoms with Crippen LogP contribution >= 0.6 is 0 Å². The summed E-state index contributed by atoms with van der Waals surface area (Å²) in [5, 5.41) is 0.695. The van der Waals surface area contributed by atoms with Crippen LogP contribution in [0.1, 0.15) is 0 Å². The quantitative estimate of drug-likeness (QED) is 0.464. The zero-order valence-electron chi connectivity index (χ0n) is 13.8. The summed E-state index contributed by atoms with van der Waals surface area (Å²) in [5.74, 6) is 0.600. The Bertz CT molecular complexity index is 1300. The normalized spacial score (nSPS) is 11.2. The van der Waals surface area contributed by atoms with Crippen molar-refractivity contribution in [2.24, 2.45) is 0 Å². The van der Waals surface area contributed by atoms with E-state index in [1.807, 2.05) is 77.4 Å². The van der Waals surface area contributed by atoms with Crippen molar-refractivity contribution >= 4 is 22.0 Å². The molecule has 0 aliphatic carbocycles. The minimum absolute atomic E-state index is 0.0192. The maximum atomic E-state index is 12.1. The molecule has 124 valence electrons. The zero-order chi connectivity index (χ0) is 17.5. The highest BCUT2D eigenvalue weighted by atomic mass is 16.3. The highest BCUT2D eigenvalue weighted by Crippen LogP contribution is 2.26. The van der Waals surface area contributed by atoms with Gasteiger partial charge in [0.25, 0.3) is 0 Å². The molecule has 5 aromatic rings. The smallest absolute Gasteiger partial charge is 0.227 e. The topological polar surface area (TPSA) is 48.0 Å². The molecule has 0 spiro atoms. The first-order valence-corrected chi connectivity index (χ1v) is 8.36. The largest absolute Gasteiger partial charge is 0.436 e. The number of hydrogen-bond acceptors (Lipinski definition) is 3. The Morgan fingerprint density at radius 3 is 2.54 bits per heavy atom. The van der Waals surface area contributed by atoms with Crippen molar-refractivity contribution in [2.45, 2.75) is 0 Å². The van der Waals surface area contributed by atoms with E-state index >= 15 is 0 Å². The molecule has 3 aromatic carbocycles. The molecule has 26 heavy (non-hydrogen) atoms. The number of pyridine rings is 1. The first-order valence-electron chi connectivity index (χ1n) is 8.36. The van der Waals surface area contributed by atoms with Gasteiger partial charge in [-0.2, -0.15) is 0 Å². The van der Waals surface area contributed by atoms with Crippen molar-refractivity contribution in [2.75, 3.05) is 0 Å². The van der Waals surface area contributed by atoms with Crippen molar-refractivity contribution < 1.29 is 4.42 Å². The maximum Gasteiger partial charge on any atom is 0.227 e. The number of rotatable bonds is 2. The fraction of sp³-hybridized carbons (Fsp3) is 0. The average Bonchev–Trinajstić information content (AvgIpc) is 3.13. The molecule has 0 saturated heterocycles. The van der Waals surface area contributed by atoms with Gasteiger partial charge in [-0.1, -0.05) is 30.3 Å². The zero-order valence-corrected chi connectivity index (χ0v) is 13.8. The van der Waals surface area contributed by atoms with Crippen LogP contribution in [0.5, 0.6) is 0 Å². The van der Waals surface area contributed by atoms with E-state index in [9.17, 15) is 4.79 Å². The molecular weight excluding hydrogens is 324 g/mol.